The molecular formula is C7H11FNO2+. The third-order valence-corrected chi connectivity index (χ3v) is 1.86. The van der Waals surface area contributed by atoms with E-state index in [-0.39, 0.29) is 12.8 Å². The van der Waals surface area contributed by atoms with Gasteiger partial charge in [-0.2, -0.15) is 0 Å². The van der Waals surface area contributed by atoms with E-state index < -0.39 is 18.2 Å². The fraction of sp³-hybridized carbons (Fsp3) is 0.571. The second kappa shape index (κ2) is 3.00. The molecule has 0 heterocycles. The molecule has 0 aliphatic heterocycles. The van der Waals surface area contributed by atoms with Gasteiger partial charge >= 0.3 is 5.97 Å². The molecule has 0 saturated heterocycles. The molecule has 0 spiro atoms. The summed E-state index contributed by atoms with van der Waals surface area (Å²) in [4.78, 5) is 10.4. The molecule has 1 aliphatic rings. The van der Waals surface area contributed by atoms with E-state index in [4.69, 9.17) is 5.11 Å². The van der Waals surface area contributed by atoms with E-state index in [0.717, 1.165) is 0 Å². The van der Waals surface area contributed by atoms with Crippen LogP contribution in [-0.2, 0) is 4.79 Å². The van der Waals surface area contributed by atoms with E-state index >= 15 is 0 Å². The first kappa shape index (κ1) is 8.20. The predicted molar refractivity (Wildman–Crippen MR) is 36.5 cm³/mol. The summed E-state index contributed by atoms with van der Waals surface area (Å²) in [6.07, 6.45) is 0.902. The molecule has 4 N–H and O–H groups in total. The summed E-state index contributed by atoms with van der Waals surface area (Å²) in [5.74, 6) is -0.953. The number of aliphatic carboxylic acids is 1. The number of hydrogen-bond donors (Lipinski definition) is 2. The van der Waals surface area contributed by atoms with Crippen LogP contribution in [0.25, 0.3) is 0 Å². The van der Waals surface area contributed by atoms with E-state index in [1.807, 2.05) is 0 Å². The van der Waals surface area contributed by atoms with Crippen molar-refractivity contribution in [1.29, 1.82) is 0 Å². The summed E-state index contributed by atoms with van der Waals surface area (Å²) in [7, 11) is 0. The number of alkyl halides is 1. The van der Waals surface area contributed by atoms with Gasteiger partial charge in [0.05, 0.1) is 0 Å². The lowest BCUT2D eigenvalue weighted by molar-refractivity contribution is -0.432. The van der Waals surface area contributed by atoms with Crippen molar-refractivity contribution in [3.63, 3.8) is 0 Å². The minimum absolute atomic E-state index is 0.190. The molecule has 0 bridgehead atoms. The minimum atomic E-state index is -0.974. The highest BCUT2D eigenvalue weighted by Crippen LogP contribution is 2.18. The second-order valence-corrected chi connectivity index (χ2v) is 2.75. The van der Waals surface area contributed by atoms with Crippen LogP contribution in [0.3, 0.4) is 0 Å². The van der Waals surface area contributed by atoms with Crippen LogP contribution >= 0.6 is 0 Å². The maximum atomic E-state index is 12.7. The van der Waals surface area contributed by atoms with E-state index in [0.29, 0.717) is 5.57 Å². The summed E-state index contributed by atoms with van der Waals surface area (Å²) >= 11 is 0. The molecule has 0 aromatic heterocycles. The van der Waals surface area contributed by atoms with Crippen molar-refractivity contribution >= 4 is 5.97 Å². The first-order valence-electron chi connectivity index (χ1n) is 3.50. The summed E-state index contributed by atoms with van der Waals surface area (Å²) in [5, 5.41) is 8.52. The van der Waals surface area contributed by atoms with Crippen molar-refractivity contribution in [1.82, 2.24) is 0 Å². The largest absolute Gasteiger partial charge is 0.478 e. The van der Waals surface area contributed by atoms with Crippen LogP contribution in [0.4, 0.5) is 4.39 Å². The highest BCUT2D eigenvalue weighted by molar-refractivity contribution is 5.86. The Morgan fingerprint density at radius 1 is 1.82 bits per heavy atom. The zero-order valence-electron chi connectivity index (χ0n) is 6.09. The Bertz CT molecular complexity index is 203. The highest BCUT2D eigenvalue weighted by atomic mass is 19.1. The first-order valence-corrected chi connectivity index (χ1v) is 3.50. The Morgan fingerprint density at radius 2 is 2.45 bits per heavy atom. The monoisotopic (exact) mass is 160 g/mol. The van der Waals surface area contributed by atoms with Crippen LogP contribution in [0, 0.1) is 0 Å². The van der Waals surface area contributed by atoms with Gasteiger partial charge in [-0.1, -0.05) is 6.08 Å². The number of rotatable bonds is 1. The minimum Gasteiger partial charge on any atom is -0.478 e. The zero-order chi connectivity index (χ0) is 8.43. The van der Waals surface area contributed by atoms with E-state index in [9.17, 15) is 9.18 Å². The number of hydrogen-bond acceptors (Lipinski definition) is 1. The van der Waals surface area contributed by atoms with Gasteiger partial charge in [-0.3, -0.25) is 0 Å². The molecular weight excluding hydrogens is 149 g/mol. The number of halogens is 1. The van der Waals surface area contributed by atoms with E-state index in [1.165, 1.54) is 6.08 Å². The fourth-order valence-corrected chi connectivity index (χ4v) is 1.12. The van der Waals surface area contributed by atoms with Gasteiger partial charge in [0.1, 0.15) is 6.04 Å². The Labute approximate surface area is 63.7 Å². The van der Waals surface area contributed by atoms with Gasteiger partial charge in [-0.05, 0) is 0 Å². The molecule has 0 amide bonds. The van der Waals surface area contributed by atoms with Crippen molar-refractivity contribution in [2.45, 2.75) is 25.1 Å². The van der Waals surface area contributed by atoms with Crippen LogP contribution in [0.1, 0.15) is 12.8 Å². The van der Waals surface area contributed by atoms with Crippen molar-refractivity contribution in [2.24, 2.45) is 0 Å². The number of carbonyl (C=O) groups is 1. The van der Waals surface area contributed by atoms with Gasteiger partial charge in [0.15, 0.2) is 6.17 Å². The summed E-state index contributed by atoms with van der Waals surface area (Å²) in [6, 6.07) is -0.397. The smallest absolute Gasteiger partial charge is 0.331 e. The van der Waals surface area contributed by atoms with Gasteiger partial charge in [-0.15, -0.1) is 0 Å². The molecule has 11 heavy (non-hydrogen) atoms. The zero-order valence-corrected chi connectivity index (χ0v) is 6.09. The quantitative estimate of drug-likeness (QED) is 0.555. The normalized spacial score (nSPS) is 31.3. The standard InChI is InChI=1S/C7H10FNO2/c8-5-2-1-4(7(10)11)3-6(5)9/h1,5-6H,2-3,9H2,(H,10,11)/p+1/t5-,6-/m0/s1. The second-order valence-electron chi connectivity index (χ2n) is 2.75. The molecule has 62 valence electrons. The van der Waals surface area contributed by atoms with Gasteiger partial charge in [0, 0.05) is 18.4 Å². The molecule has 2 atom stereocenters. The van der Waals surface area contributed by atoms with Crippen LogP contribution in [0.15, 0.2) is 11.6 Å². The van der Waals surface area contributed by atoms with Crippen LogP contribution in [0.2, 0.25) is 0 Å². The molecule has 3 nitrogen and oxygen atoms in total. The predicted octanol–water partition coefficient (Wildman–Crippen LogP) is -0.260. The van der Waals surface area contributed by atoms with Crippen molar-refractivity contribution < 1.29 is 20.0 Å². The number of carboxylic acids is 1. The summed E-state index contributed by atoms with van der Waals surface area (Å²) < 4.78 is 12.7. The SMILES string of the molecule is [NH3+][C@H]1CC(C(=O)O)=CC[C@@H]1F. The average Bonchev–Trinajstić information content (AvgIpc) is 1.94. The van der Waals surface area contributed by atoms with Gasteiger partial charge in [0.2, 0.25) is 0 Å². The molecule has 0 aromatic rings. The Kier molecular flexibility index (Phi) is 2.24. The number of allylic oxidation sites excluding steroid dienone is 1. The van der Waals surface area contributed by atoms with Gasteiger partial charge < -0.3 is 10.8 Å². The Morgan fingerprint density at radius 3 is 2.91 bits per heavy atom. The van der Waals surface area contributed by atoms with E-state index in [1.54, 1.807) is 0 Å². The maximum absolute atomic E-state index is 12.7. The Balaban J connectivity index is 2.66. The lowest BCUT2D eigenvalue weighted by Gasteiger charge is -2.17. The van der Waals surface area contributed by atoms with Crippen LogP contribution in [0.5, 0.6) is 0 Å². The lowest BCUT2D eigenvalue weighted by atomic mass is 9.94. The van der Waals surface area contributed by atoms with Crippen molar-refractivity contribution in [2.75, 3.05) is 0 Å². The molecule has 0 radical (unpaired) electrons. The maximum Gasteiger partial charge on any atom is 0.331 e. The number of quaternary nitrogens is 1. The summed E-state index contributed by atoms with van der Waals surface area (Å²) in [5.41, 5.74) is 3.82. The molecule has 0 aromatic carbocycles. The third kappa shape index (κ3) is 1.77. The molecule has 1 aliphatic carbocycles. The van der Waals surface area contributed by atoms with E-state index in [2.05, 4.69) is 5.73 Å². The Hall–Kier alpha value is -0.900. The molecule has 1 rings (SSSR count). The van der Waals surface area contributed by atoms with Gasteiger partial charge in [-0.25, -0.2) is 9.18 Å². The molecule has 0 fully saturated rings. The lowest BCUT2D eigenvalue weighted by Crippen LogP contribution is -2.66. The fourth-order valence-electron chi connectivity index (χ4n) is 1.12. The topological polar surface area (TPSA) is 64.9 Å². The summed E-state index contributed by atoms with van der Waals surface area (Å²) in [6.45, 7) is 0. The van der Waals surface area contributed by atoms with Gasteiger partial charge in [0.25, 0.3) is 0 Å². The van der Waals surface area contributed by atoms with Crippen molar-refractivity contribution in [3.05, 3.63) is 11.6 Å². The van der Waals surface area contributed by atoms with Crippen molar-refractivity contribution in [3.8, 4) is 0 Å². The van der Waals surface area contributed by atoms with Crippen LogP contribution in [-0.4, -0.2) is 23.3 Å². The molecule has 0 saturated carbocycles. The first-order chi connectivity index (χ1) is 5.11. The third-order valence-electron chi connectivity index (χ3n) is 1.86. The highest BCUT2D eigenvalue weighted by Gasteiger charge is 2.27. The molecule has 0 unspecified atom stereocenters. The average molecular weight is 160 g/mol. The molecule has 4 heteroatoms. The number of carboxylic acid groups (broad SMARTS) is 1. The van der Waals surface area contributed by atoms with Crippen LogP contribution < -0.4 is 5.73 Å².